The zero-order chi connectivity index (χ0) is 55.9. The number of aliphatic carboxylic acids is 1. The maximum absolute atomic E-state index is 14.3. The van der Waals surface area contributed by atoms with Gasteiger partial charge in [0.2, 0.25) is 17.7 Å². The second-order valence-corrected chi connectivity index (χ2v) is 21.4. The molecular formula is C53H75N9O12S. The van der Waals surface area contributed by atoms with Crippen LogP contribution in [0.15, 0.2) is 47.9 Å². The van der Waals surface area contributed by atoms with E-state index in [1.165, 1.54) is 25.3 Å². The molecule has 0 saturated heterocycles. The minimum atomic E-state index is -1.10. The van der Waals surface area contributed by atoms with Crippen LogP contribution in [-0.2, 0) is 54.3 Å². The molecule has 5 N–H and O–H groups in total. The minimum Gasteiger partial charge on any atom is -0.481 e. The molecule has 0 fully saturated rings. The lowest BCUT2D eigenvalue weighted by Gasteiger charge is -2.39. The lowest BCUT2D eigenvalue weighted by atomic mass is 9.92. The molecule has 1 aromatic carbocycles. The van der Waals surface area contributed by atoms with E-state index >= 15 is 0 Å². The molecule has 2 aromatic rings. The number of amides is 8. The number of rotatable bonds is 30. The van der Waals surface area contributed by atoms with Crippen molar-refractivity contribution in [3.05, 3.63) is 64.1 Å². The molecule has 21 nitrogen and oxygen atoms in total. The quantitative estimate of drug-likeness (QED) is 0.0524. The van der Waals surface area contributed by atoms with Gasteiger partial charge in [0, 0.05) is 100 Å². The van der Waals surface area contributed by atoms with E-state index in [1.807, 2.05) is 41.8 Å². The smallest absolute Gasteiger partial charge is 0.306 e. The van der Waals surface area contributed by atoms with Crippen molar-refractivity contribution in [3.8, 4) is 0 Å². The number of imide groups is 2. The number of carbonyl (C=O) groups excluding carboxylic acids is 9. The normalized spacial score (nSPS) is 16.0. The van der Waals surface area contributed by atoms with Crippen molar-refractivity contribution in [2.45, 2.75) is 137 Å². The summed E-state index contributed by atoms with van der Waals surface area (Å²) in [6.45, 7) is 15.6. The first-order valence-electron chi connectivity index (χ1n) is 25.4. The number of esters is 1. The van der Waals surface area contributed by atoms with Crippen molar-refractivity contribution in [3.63, 3.8) is 0 Å². The Labute approximate surface area is 443 Å². The molecule has 4 rings (SSSR count). The number of carboxylic acids is 1. The molecule has 410 valence electrons. The predicted molar refractivity (Wildman–Crippen MR) is 282 cm³/mol. The Hall–Kier alpha value is -6.65. The van der Waals surface area contributed by atoms with Crippen LogP contribution in [0.25, 0.3) is 0 Å². The van der Waals surface area contributed by atoms with E-state index in [0.29, 0.717) is 17.1 Å². The third-order valence-corrected chi connectivity index (χ3v) is 14.7. The van der Waals surface area contributed by atoms with Gasteiger partial charge in [-0.1, -0.05) is 47.1 Å². The fraction of sp³-hybridized carbons (Fsp3) is 0.566. The number of nitrogens with zero attached hydrogens (tertiary/aromatic N) is 5. The maximum atomic E-state index is 14.3. The van der Waals surface area contributed by atoms with Crippen LogP contribution < -0.4 is 21.3 Å². The number of aromatic nitrogens is 1. The Morgan fingerprint density at radius 1 is 0.813 bits per heavy atom. The van der Waals surface area contributed by atoms with Gasteiger partial charge in [0.05, 0.1) is 23.3 Å². The lowest BCUT2D eigenvalue weighted by Crippen LogP contribution is -2.57. The minimum absolute atomic E-state index is 0.00253. The monoisotopic (exact) mass is 1060 g/mol. The van der Waals surface area contributed by atoms with E-state index in [4.69, 9.17) is 4.74 Å². The van der Waals surface area contributed by atoms with Gasteiger partial charge in [0.1, 0.15) is 10.7 Å². The average molecular weight is 1060 g/mol. The summed E-state index contributed by atoms with van der Waals surface area (Å²) >= 11 is 1.11. The highest BCUT2D eigenvalue weighted by Crippen LogP contribution is 2.32. The van der Waals surface area contributed by atoms with Crippen molar-refractivity contribution >= 4 is 81.9 Å². The fourth-order valence-corrected chi connectivity index (χ4v) is 9.26. The van der Waals surface area contributed by atoms with Crippen molar-refractivity contribution in [1.29, 1.82) is 0 Å². The third-order valence-electron chi connectivity index (χ3n) is 13.7. The number of hydrogen-bond acceptors (Lipinski definition) is 15. The zero-order valence-corrected chi connectivity index (χ0v) is 45.8. The summed E-state index contributed by atoms with van der Waals surface area (Å²) in [4.78, 5) is 138. The molecule has 22 heteroatoms. The first kappa shape index (κ1) is 60.9. The van der Waals surface area contributed by atoms with Gasteiger partial charge < -0.3 is 40.9 Å². The summed E-state index contributed by atoms with van der Waals surface area (Å²) in [6, 6.07) is 3.06. The molecule has 1 aromatic heterocycles. The topological polar surface area (TPSA) is 274 Å². The average Bonchev–Trinajstić information content (AvgIpc) is 4.05. The van der Waals surface area contributed by atoms with E-state index in [9.17, 15) is 53.1 Å². The number of benzene rings is 1. The van der Waals surface area contributed by atoms with Gasteiger partial charge in [-0.05, 0) is 83.2 Å². The number of carboxylic acid groups (broad SMARTS) is 1. The highest BCUT2D eigenvalue weighted by Gasteiger charge is 2.36. The Bertz CT molecular complexity index is 2470. The molecular weight excluding hydrogens is 987 g/mol. The van der Waals surface area contributed by atoms with Crippen molar-refractivity contribution in [1.82, 2.24) is 35.2 Å². The number of anilines is 2. The Morgan fingerprint density at radius 3 is 1.85 bits per heavy atom. The van der Waals surface area contributed by atoms with Gasteiger partial charge in [0.25, 0.3) is 29.5 Å². The first-order chi connectivity index (χ1) is 35.2. The number of nitrogens with one attached hydrogen (secondary N) is 4. The fourth-order valence-electron chi connectivity index (χ4n) is 8.42. The molecule has 2 aliphatic heterocycles. The van der Waals surface area contributed by atoms with Crippen LogP contribution in [0.5, 0.6) is 0 Å². The second-order valence-electron chi connectivity index (χ2n) is 20.5. The van der Waals surface area contributed by atoms with E-state index in [1.54, 1.807) is 24.1 Å². The lowest BCUT2D eigenvalue weighted by molar-refractivity contribution is -0.149. The van der Waals surface area contributed by atoms with Gasteiger partial charge in [-0.25, -0.2) is 4.98 Å². The molecule has 2 aliphatic rings. The van der Waals surface area contributed by atoms with Gasteiger partial charge in [-0.3, -0.25) is 57.7 Å². The van der Waals surface area contributed by atoms with E-state index in [-0.39, 0.29) is 98.4 Å². The molecule has 0 spiro atoms. The maximum Gasteiger partial charge on any atom is 0.306 e. The Morgan fingerprint density at radius 2 is 1.36 bits per heavy atom. The van der Waals surface area contributed by atoms with Gasteiger partial charge in [-0.2, -0.15) is 0 Å². The van der Waals surface area contributed by atoms with E-state index in [0.717, 1.165) is 51.9 Å². The molecule has 75 heavy (non-hydrogen) atoms. The van der Waals surface area contributed by atoms with Crippen LogP contribution in [0.3, 0.4) is 0 Å². The van der Waals surface area contributed by atoms with Crippen molar-refractivity contribution in [2.24, 2.45) is 17.8 Å². The van der Waals surface area contributed by atoms with Crippen molar-refractivity contribution in [2.75, 3.05) is 51.4 Å². The van der Waals surface area contributed by atoms with Crippen LogP contribution >= 0.6 is 11.3 Å². The Balaban J connectivity index is 1.56. The highest BCUT2D eigenvalue weighted by molar-refractivity contribution is 7.09. The summed E-state index contributed by atoms with van der Waals surface area (Å²) in [5.41, 5.74) is 0.655. The van der Waals surface area contributed by atoms with Crippen LogP contribution in [0.2, 0.25) is 0 Å². The summed E-state index contributed by atoms with van der Waals surface area (Å²) in [5, 5.41) is 23.8. The SMILES string of the molecule is CC[C@H](C)[C@H](NCC(C)(C)N(C)C)C(=O)N(C)C(C[C@@H](OC(C)=O)c1nc(C(=O)N[C@@H](Cc2ccc(NC(=O)CCCN3C(=O)C=CC3=O)c(NC(=O)CCCN3C(=O)C=CC3=O)c2)CC(C)C(=O)O)cs1)C(C)C. The predicted octanol–water partition coefficient (Wildman–Crippen LogP) is 4.70. The molecule has 6 atom stereocenters. The largest absolute Gasteiger partial charge is 0.481 e. The summed E-state index contributed by atoms with van der Waals surface area (Å²) in [7, 11) is 5.73. The molecule has 0 aliphatic carbocycles. The van der Waals surface area contributed by atoms with Crippen LogP contribution in [0.4, 0.5) is 11.4 Å². The van der Waals surface area contributed by atoms with Crippen LogP contribution in [0, 0.1) is 17.8 Å². The highest BCUT2D eigenvalue weighted by atomic mass is 32.1. The molecule has 0 bridgehead atoms. The number of ether oxygens (including phenoxy) is 1. The summed E-state index contributed by atoms with van der Waals surface area (Å²) in [6.07, 6.45) is 4.76. The van der Waals surface area contributed by atoms with Gasteiger partial charge >= 0.3 is 11.9 Å². The number of thiazole rings is 1. The van der Waals surface area contributed by atoms with Crippen LogP contribution in [0.1, 0.15) is 127 Å². The molecule has 8 amide bonds. The number of carbonyl (C=O) groups is 10. The van der Waals surface area contributed by atoms with Crippen LogP contribution in [-0.4, -0.2) is 153 Å². The molecule has 2 unspecified atom stereocenters. The second kappa shape index (κ2) is 27.8. The van der Waals surface area contributed by atoms with Gasteiger partial charge in [-0.15, -0.1) is 11.3 Å². The number of likely N-dealkylation sites (N-methyl/N-ethyl adjacent to an activating group) is 2. The van der Waals surface area contributed by atoms with Crippen molar-refractivity contribution < 1.29 is 57.8 Å². The first-order valence-corrected chi connectivity index (χ1v) is 26.2. The van der Waals surface area contributed by atoms with Gasteiger partial charge in [0.15, 0.2) is 6.10 Å². The number of hydrogen-bond donors (Lipinski definition) is 5. The third kappa shape index (κ3) is 17.7. The standard InChI is InChI=1S/C53H75N9O12S/c1-12-32(4)48(54-30-53(7,8)59(9)10)51(71)60(11)40(31(2)3)28-41(74-34(6)63)50-58-39(29-75-50)49(70)55-36(25-33(5)52(72)73)26-35-17-18-37(56-42(64)15-13-23-61-44(66)19-20-45(61)67)38(27-35)57-43(65)16-14-24-62-46(68)21-22-47(62)69/h17-22,27,29,31-33,36,40-41,48,54H,12-16,23-26,28,30H2,1-11H3,(H,55,70)(H,56,64)(H,57,65)(H,72,73)/t32-,33?,36+,40?,41+,48-/m0/s1. The van der Waals surface area contributed by atoms with E-state index in [2.05, 4.69) is 45.0 Å². The summed E-state index contributed by atoms with van der Waals surface area (Å²) < 4.78 is 5.84. The molecule has 0 radical (unpaired) electrons. The Kier molecular flexibility index (Phi) is 22.5. The molecule has 3 heterocycles. The molecule has 0 saturated carbocycles. The summed E-state index contributed by atoms with van der Waals surface area (Å²) in [5.74, 6) is -6.30. The van der Waals surface area contributed by atoms with E-state index < -0.39 is 83.4 Å². The zero-order valence-electron chi connectivity index (χ0n) is 45.0.